The minimum Gasteiger partial charge on any atom is -0.462 e. The molecule has 0 atom stereocenters. The van der Waals surface area contributed by atoms with Crippen molar-refractivity contribution in [3.05, 3.63) is 9.15 Å². The van der Waals surface area contributed by atoms with Gasteiger partial charge in [0, 0.05) is 15.6 Å². The van der Waals surface area contributed by atoms with Gasteiger partial charge in [-0.05, 0) is 29.0 Å². The maximum Gasteiger partial charge on any atom is 0.334 e. The summed E-state index contributed by atoms with van der Waals surface area (Å²) in [6.07, 6.45) is 2.77. The maximum absolute atomic E-state index is 11.1. The summed E-state index contributed by atoms with van der Waals surface area (Å²) < 4.78 is 6.09. The number of hydrogen-bond donors (Lipinski definition) is 0. The van der Waals surface area contributed by atoms with Crippen LogP contribution in [-0.4, -0.2) is 12.6 Å². The van der Waals surface area contributed by atoms with Gasteiger partial charge in [0.05, 0.1) is 6.61 Å². The molecule has 1 aliphatic heterocycles. The van der Waals surface area contributed by atoms with E-state index >= 15 is 0 Å². The monoisotopic (exact) mass is 266 g/mol. The van der Waals surface area contributed by atoms with Crippen LogP contribution in [0.25, 0.3) is 0 Å². The predicted molar refractivity (Wildman–Crippen MR) is 51.5 cm³/mol. The van der Waals surface area contributed by atoms with Crippen LogP contribution in [0.15, 0.2) is 9.15 Å². The summed E-state index contributed by atoms with van der Waals surface area (Å²) in [5.41, 5.74) is 0.888. The van der Waals surface area contributed by atoms with E-state index in [2.05, 4.69) is 29.5 Å². The van der Waals surface area contributed by atoms with Crippen molar-refractivity contribution in [1.29, 1.82) is 0 Å². The van der Waals surface area contributed by atoms with Gasteiger partial charge in [0.1, 0.15) is 0 Å². The molecule has 0 spiro atoms. The Morgan fingerprint density at radius 1 is 1.64 bits per heavy atom. The number of ether oxygens (including phenoxy) is 1. The third-order valence-corrected chi connectivity index (χ3v) is 2.82. The van der Waals surface area contributed by atoms with Gasteiger partial charge in [0.25, 0.3) is 0 Å². The fourth-order valence-electron chi connectivity index (χ4n) is 1.07. The quantitative estimate of drug-likeness (QED) is 0.566. The zero-order chi connectivity index (χ0) is 8.27. The molecule has 0 fully saturated rings. The standard InChI is InChI=1S/C8H11IO2/c1-2-3-6-7(9)4-5-11-8(6)10/h2-5H2,1H3. The second kappa shape index (κ2) is 4.09. The Bertz CT molecular complexity index is 196. The molecule has 2 nitrogen and oxygen atoms in total. The van der Waals surface area contributed by atoms with Crippen molar-refractivity contribution in [3.63, 3.8) is 0 Å². The molecule has 0 N–H and O–H groups in total. The molecule has 0 saturated heterocycles. The average molecular weight is 266 g/mol. The highest BCUT2D eigenvalue weighted by molar-refractivity contribution is 14.1. The lowest BCUT2D eigenvalue weighted by molar-refractivity contribution is -0.140. The maximum atomic E-state index is 11.1. The summed E-state index contributed by atoms with van der Waals surface area (Å²) in [5, 5.41) is 0. The van der Waals surface area contributed by atoms with Crippen LogP contribution in [0.4, 0.5) is 0 Å². The smallest absolute Gasteiger partial charge is 0.334 e. The second-order valence-electron chi connectivity index (χ2n) is 2.52. The first-order chi connectivity index (χ1) is 5.25. The molecule has 0 aromatic rings. The highest BCUT2D eigenvalue weighted by Gasteiger charge is 2.18. The molecule has 0 saturated carbocycles. The van der Waals surface area contributed by atoms with Crippen molar-refractivity contribution in [3.8, 4) is 0 Å². The zero-order valence-corrected chi connectivity index (χ0v) is 8.68. The van der Waals surface area contributed by atoms with Gasteiger partial charge in [-0.3, -0.25) is 0 Å². The molecule has 0 bridgehead atoms. The fourth-order valence-corrected chi connectivity index (χ4v) is 1.78. The Morgan fingerprint density at radius 3 is 2.91 bits per heavy atom. The molecule has 62 valence electrons. The molecule has 1 aliphatic rings. The summed E-state index contributed by atoms with van der Waals surface area (Å²) >= 11 is 2.24. The van der Waals surface area contributed by atoms with Gasteiger partial charge in [-0.25, -0.2) is 4.79 Å². The molecule has 0 aliphatic carbocycles. The van der Waals surface area contributed by atoms with Crippen LogP contribution in [0.3, 0.4) is 0 Å². The topological polar surface area (TPSA) is 26.3 Å². The van der Waals surface area contributed by atoms with Crippen molar-refractivity contribution >= 4 is 28.6 Å². The van der Waals surface area contributed by atoms with Crippen LogP contribution in [0.1, 0.15) is 26.2 Å². The van der Waals surface area contributed by atoms with E-state index in [0.717, 1.165) is 24.8 Å². The summed E-state index contributed by atoms with van der Waals surface area (Å²) in [6.45, 7) is 2.63. The molecule has 0 amide bonds. The van der Waals surface area contributed by atoms with Crippen LogP contribution < -0.4 is 0 Å². The Balaban J connectivity index is 2.74. The number of halogens is 1. The number of carbonyl (C=O) groups excluding carboxylic acids is 1. The van der Waals surface area contributed by atoms with Crippen LogP contribution in [0, 0.1) is 0 Å². The first-order valence-corrected chi connectivity index (χ1v) is 4.88. The van der Waals surface area contributed by atoms with E-state index in [0.29, 0.717) is 6.61 Å². The molecular weight excluding hydrogens is 255 g/mol. The molecule has 1 rings (SSSR count). The summed E-state index contributed by atoms with van der Waals surface area (Å²) in [7, 11) is 0. The molecule has 11 heavy (non-hydrogen) atoms. The first kappa shape index (κ1) is 9.03. The summed E-state index contributed by atoms with van der Waals surface area (Å²) in [4.78, 5) is 11.1. The Hall–Kier alpha value is -0.0600. The second-order valence-corrected chi connectivity index (χ2v) is 3.82. The van der Waals surface area contributed by atoms with Gasteiger partial charge in [-0.2, -0.15) is 0 Å². The Labute approximate surface area is 80.1 Å². The number of hydrogen-bond acceptors (Lipinski definition) is 2. The van der Waals surface area contributed by atoms with Crippen molar-refractivity contribution in [2.24, 2.45) is 0 Å². The lowest BCUT2D eigenvalue weighted by atomic mass is 10.1. The lowest BCUT2D eigenvalue weighted by Crippen LogP contribution is -2.15. The molecule has 0 aromatic carbocycles. The van der Waals surface area contributed by atoms with Gasteiger partial charge in [-0.15, -0.1) is 0 Å². The van der Waals surface area contributed by atoms with Crippen molar-refractivity contribution in [1.82, 2.24) is 0 Å². The molecule has 3 heteroatoms. The van der Waals surface area contributed by atoms with E-state index in [1.54, 1.807) is 0 Å². The van der Waals surface area contributed by atoms with Crippen LogP contribution in [-0.2, 0) is 9.53 Å². The number of cyclic esters (lactones) is 1. The number of carbonyl (C=O) groups is 1. The van der Waals surface area contributed by atoms with E-state index in [-0.39, 0.29) is 5.97 Å². The van der Waals surface area contributed by atoms with E-state index in [1.165, 1.54) is 3.58 Å². The summed E-state index contributed by atoms with van der Waals surface area (Å²) in [6, 6.07) is 0. The molecule has 0 aromatic heterocycles. The van der Waals surface area contributed by atoms with Crippen molar-refractivity contribution < 1.29 is 9.53 Å². The van der Waals surface area contributed by atoms with Crippen LogP contribution >= 0.6 is 22.6 Å². The van der Waals surface area contributed by atoms with Gasteiger partial charge in [0.15, 0.2) is 0 Å². The predicted octanol–water partition coefficient (Wildman–Crippen LogP) is 2.42. The third-order valence-electron chi connectivity index (χ3n) is 1.63. The van der Waals surface area contributed by atoms with Gasteiger partial charge >= 0.3 is 5.97 Å². The SMILES string of the molecule is CCCC1=C(I)CCOC1=O. The number of rotatable bonds is 2. The minimum absolute atomic E-state index is 0.109. The van der Waals surface area contributed by atoms with Crippen LogP contribution in [0.5, 0.6) is 0 Å². The molecule has 0 unspecified atom stereocenters. The zero-order valence-electron chi connectivity index (χ0n) is 6.52. The minimum atomic E-state index is -0.109. The van der Waals surface area contributed by atoms with Crippen molar-refractivity contribution in [2.75, 3.05) is 6.61 Å². The molecule has 1 heterocycles. The molecule has 0 radical (unpaired) electrons. The lowest BCUT2D eigenvalue weighted by Gasteiger charge is -2.15. The number of esters is 1. The van der Waals surface area contributed by atoms with E-state index in [1.807, 2.05) is 0 Å². The van der Waals surface area contributed by atoms with Crippen molar-refractivity contribution in [2.45, 2.75) is 26.2 Å². The highest BCUT2D eigenvalue weighted by Crippen LogP contribution is 2.25. The highest BCUT2D eigenvalue weighted by atomic mass is 127. The Kier molecular flexibility index (Phi) is 3.36. The van der Waals surface area contributed by atoms with Gasteiger partial charge < -0.3 is 4.74 Å². The Morgan fingerprint density at radius 2 is 2.36 bits per heavy atom. The first-order valence-electron chi connectivity index (χ1n) is 3.80. The van der Waals surface area contributed by atoms with Gasteiger partial charge in [0.2, 0.25) is 0 Å². The van der Waals surface area contributed by atoms with E-state index in [4.69, 9.17) is 4.74 Å². The average Bonchev–Trinajstić information content (AvgIpc) is 1.97. The fraction of sp³-hybridized carbons (Fsp3) is 0.625. The van der Waals surface area contributed by atoms with Crippen LogP contribution in [0.2, 0.25) is 0 Å². The van der Waals surface area contributed by atoms with E-state index < -0.39 is 0 Å². The van der Waals surface area contributed by atoms with Gasteiger partial charge in [-0.1, -0.05) is 13.3 Å². The molecular formula is C8H11IO2. The normalized spacial score (nSPS) is 18.5. The third kappa shape index (κ3) is 2.18. The summed E-state index contributed by atoms with van der Waals surface area (Å²) in [5.74, 6) is -0.109. The van der Waals surface area contributed by atoms with E-state index in [9.17, 15) is 4.79 Å². The largest absolute Gasteiger partial charge is 0.462 e.